The predicted molar refractivity (Wildman–Crippen MR) is 73.8 cm³/mol. The third kappa shape index (κ3) is 5.19. The van der Waals surface area contributed by atoms with Crippen molar-refractivity contribution >= 4 is 11.9 Å². The third-order valence-corrected chi connectivity index (χ3v) is 3.98. The molecular weight excluding hydrogens is 244 g/mol. The smallest absolute Gasteiger partial charge is 0.310 e. The van der Waals surface area contributed by atoms with Crippen LogP contribution >= 0.6 is 0 Å². The number of carboxylic acid groups (broad SMARTS) is 1. The molecular formula is C14H26N2O3. The maximum Gasteiger partial charge on any atom is 0.310 e. The third-order valence-electron chi connectivity index (χ3n) is 3.98. The van der Waals surface area contributed by atoms with Gasteiger partial charge in [0.1, 0.15) is 0 Å². The van der Waals surface area contributed by atoms with Crippen molar-refractivity contribution in [1.29, 1.82) is 0 Å². The van der Waals surface area contributed by atoms with Gasteiger partial charge in [-0.2, -0.15) is 0 Å². The Bertz CT molecular complexity index is 327. The van der Waals surface area contributed by atoms with Gasteiger partial charge in [-0.25, -0.2) is 0 Å². The van der Waals surface area contributed by atoms with Gasteiger partial charge < -0.3 is 15.7 Å². The number of hydrogen-bond acceptors (Lipinski definition) is 3. The lowest BCUT2D eigenvalue weighted by Gasteiger charge is -2.28. The highest BCUT2D eigenvalue weighted by Crippen LogP contribution is 2.31. The van der Waals surface area contributed by atoms with Crippen molar-refractivity contribution in [3.05, 3.63) is 0 Å². The van der Waals surface area contributed by atoms with E-state index >= 15 is 0 Å². The molecule has 1 unspecified atom stereocenters. The van der Waals surface area contributed by atoms with Crippen molar-refractivity contribution < 1.29 is 14.7 Å². The molecule has 5 nitrogen and oxygen atoms in total. The van der Waals surface area contributed by atoms with E-state index in [9.17, 15) is 14.7 Å². The van der Waals surface area contributed by atoms with Crippen LogP contribution in [0.3, 0.4) is 0 Å². The summed E-state index contributed by atoms with van der Waals surface area (Å²) in [5.41, 5.74) is -0.990. The van der Waals surface area contributed by atoms with Crippen LogP contribution in [0.5, 0.6) is 0 Å². The van der Waals surface area contributed by atoms with Gasteiger partial charge in [0.2, 0.25) is 5.91 Å². The summed E-state index contributed by atoms with van der Waals surface area (Å²) < 4.78 is 0. The lowest BCUT2D eigenvalue weighted by Crippen LogP contribution is -2.39. The molecule has 19 heavy (non-hydrogen) atoms. The van der Waals surface area contributed by atoms with Gasteiger partial charge in [0, 0.05) is 19.0 Å². The number of aliphatic carboxylic acids is 1. The molecule has 1 rings (SSSR count). The molecule has 0 saturated heterocycles. The number of hydrogen-bond donors (Lipinski definition) is 3. The largest absolute Gasteiger partial charge is 0.481 e. The van der Waals surface area contributed by atoms with Crippen molar-refractivity contribution in [2.24, 2.45) is 11.3 Å². The molecule has 1 fully saturated rings. The summed E-state index contributed by atoms with van der Waals surface area (Å²) in [5.74, 6) is -1.16. The molecule has 110 valence electrons. The molecule has 0 heterocycles. The standard InChI is InChI=1S/C14H26N2O3/c1-10(2)14(3,13(18)19)9-12(17)16-8-4-7-15-11-5-6-11/h10-11,15H,4-9H2,1-3H3,(H,16,17)(H,18,19). The summed E-state index contributed by atoms with van der Waals surface area (Å²) in [6, 6.07) is 0.687. The van der Waals surface area contributed by atoms with Crippen LogP contribution in [0.1, 0.15) is 46.5 Å². The Balaban J connectivity index is 2.22. The van der Waals surface area contributed by atoms with Crippen molar-refractivity contribution in [3.63, 3.8) is 0 Å². The SMILES string of the molecule is CC(C)C(C)(CC(=O)NCCCNC1CC1)C(=O)O. The fourth-order valence-electron chi connectivity index (χ4n) is 1.83. The summed E-state index contributed by atoms with van der Waals surface area (Å²) in [5, 5.41) is 15.4. The Kier molecular flexibility index (Phi) is 5.79. The Morgan fingerprint density at radius 1 is 1.32 bits per heavy atom. The highest BCUT2D eigenvalue weighted by Gasteiger charge is 2.38. The first-order valence-corrected chi connectivity index (χ1v) is 7.09. The monoisotopic (exact) mass is 270 g/mol. The molecule has 1 atom stereocenters. The molecule has 0 aromatic heterocycles. The van der Waals surface area contributed by atoms with Crippen LogP contribution < -0.4 is 10.6 Å². The number of nitrogens with one attached hydrogen (secondary N) is 2. The first kappa shape index (κ1) is 16.0. The fraction of sp³-hybridized carbons (Fsp3) is 0.857. The van der Waals surface area contributed by atoms with Gasteiger partial charge in [0.05, 0.1) is 5.41 Å². The van der Waals surface area contributed by atoms with E-state index in [0.717, 1.165) is 13.0 Å². The molecule has 1 aliphatic rings. The van der Waals surface area contributed by atoms with Crippen LogP contribution in [0, 0.1) is 11.3 Å². The van der Waals surface area contributed by atoms with E-state index in [1.54, 1.807) is 6.92 Å². The van der Waals surface area contributed by atoms with E-state index in [-0.39, 0.29) is 18.2 Å². The molecule has 0 aromatic carbocycles. The number of amides is 1. The van der Waals surface area contributed by atoms with Crippen LogP contribution in [0.4, 0.5) is 0 Å². The summed E-state index contributed by atoms with van der Waals surface area (Å²) in [7, 11) is 0. The quantitative estimate of drug-likeness (QED) is 0.553. The average molecular weight is 270 g/mol. The second kappa shape index (κ2) is 6.89. The summed E-state index contributed by atoms with van der Waals surface area (Å²) >= 11 is 0. The van der Waals surface area contributed by atoms with Crippen LogP contribution in [0.25, 0.3) is 0 Å². The second-order valence-corrected chi connectivity index (χ2v) is 5.99. The zero-order valence-corrected chi connectivity index (χ0v) is 12.2. The molecule has 0 aliphatic heterocycles. The number of carbonyl (C=O) groups is 2. The Morgan fingerprint density at radius 2 is 1.95 bits per heavy atom. The van der Waals surface area contributed by atoms with Gasteiger partial charge in [-0.3, -0.25) is 9.59 Å². The maximum absolute atomic E-state index is 11.8. The summed E-state index contributed by atoms with van der Waals surface area (Å²) in [6.45, 7) is 6.81. The Hall–Kier alpha value is -1.10. The molecule has 1 saturated carbocycles. The highest BCUT2D eigenvalue weighted by molar-refractivity contribution is 5.84. The summed E-state index contributed by atoms with van der Waals surface area (Å²) in [4.78, 5) is 23.0. The molecule has 0 aromatic rings. The molecule has 0 spiro atoms. The average Bonchev–Trinajstić information content (AvgIpc) is 3.11. The van der Waals surface area contributed by atoms with Crippen molar-refractivity contribution in [1.82, 2.24) is 10.6 Å². The van der Waals surface area contributed by atoms with Gasteiger partial charge in [0.15, 0.2) is 0 Å². The van der Waals surface area contributed by atoms with E-state index in [0.29, 0.717) is 12.6 Å². The van der Waals surface area contributed by atoms with Crippen molar-refractivity contribution in [3.8, 4) is 0 Å². The van der Waals surface area contributed by atoms with Crippen LogP contribution in [0.15, 0.2) is 0 Å². The minimum absolute atomic E-state index is 0.0378. The molecule has 1 aliphatic carbocycles. The lowest BCUT2D eigenvalue weighted by atomic mass is 9.76. The molecule has 0 radical (unpaired) electrons. The number of carbonyl (C=O) groups excluding carboxylic acids is 1. The maximum atomic E-state index is 11.8. The minimum Gasteiger partial charge on any atom is -0.481 e. The van der Waals surface area contributed by atoms with Gasteiger partial charge >= 0.3 is 5.97 Å². The van der Waals surface area contributed by atoms with E-state index in [1.165, 1.54) is 12.8 Å². The minimum atomic E-state index is -0.990. The molecule has 0 bridgehead atoms. The molecule has 3 N–H and O–H groups in total. The van der Waals surface area contributed by atoms with Crippen molar-refractivity contribution in [2.45, 2.75) is 52.5 Å². The lowest BCUT2D eigenvalue weighted by molar-refractivity contribution is -0.153. The van der Waals surface area contributed by atoms with Gasteiger partial charge in [0.25, 0.3) is 0 Å². The zero-order chi connectivity index (χ0) is 14.5. The van der Waals surface area contributed by atoms with Crippen LogP contribution in [-0.2, 0) is 9.59 Å². The van der Waals surface area contributed by atoms with E-state index in [2.05, 4.69) is 10.6 Å². The molecule has 1 amide bonds. The molecule has 5 heteroatoms. The van der Waals surface area contributed by atoms with Gasteiger partial charge in [-0.15, -0.1) is 0 Å². The van der Waals surface area contributed by atoms with Crippen molar-refractivity contribution in [2.75, 3.05) is 13.1 Å². The van der Waals surface area contributed by atoms with E-state index < -0.39 is 11.4 Å². The fourth-order valence-corrected chi connectivity index (χ4v) is 1.83. The van der Waals surface area contributed by atoms with Crippen LogP contribution in [0.2, 0.25) is 0 Å². The predicted octanol–water partition coefficient (Wildman–Crippen LogP) is 1.38. The highest BCUT2D eigenvalue weighted by atomic mass is 16.4. The van der Waals surface area contributed by atoms with Gasteiger partial charge in [-0.1, -0.05) is 13.8 Å². The topological polar surface area (TPSA) is 78.4 Å². The van der Waals surface area contributed by atoms with E-state index in [4.69, 9.17) is 0 Å². The summed E-state index contributed by atoms with van der Waals surface area (Å²) in [6.07, 6.45) is 3.44. The Morgan fingerprint density at radius 3 is 2.42 bits per heavy atom. The van der Waals surface area contributed by atoms with Gasteiger partial charge in [-0.05, 0) is 38.6 Å². The van der Waals surface area contributed by atoms with Crippen LogP contribution in [-0.4, -0.2) is 36.1 Å². The first-order valence-electron chi connectivity index (χ1n) is 7.09. The van der Waals surface area contributed by atoms with E-state index in [1.807, 2.05) is 13.8 Å². The number of rotatable bonds is 9. The second-order valence-electron chi connectivity index (χ2n) is 5.99. The first-order chi connectivity index (χ1) is 8.86. The Labute approximate surface area is 115 Å². The zero-order valence-electron chi connectivity index (χ0n) is 12.2. The normalized spacial score (nSPS) is 18.1. The number of carboxylic acids is 1.